The number of halogens is 1. The van der Waals surface area contributed by atoms with Crippen molar-refractivity contribution in [2.45, 2.75) is 26.0 Å². The Morgan fingerprint density at radius 1 is 1.11 bits per heavy atom. The fraction of sp³-hybridized carbons (Fsp3) is 0.200. The van der Waals surface area contributed by atoms with E-state index in [1.54, 1.807) is 36.4 Å². The van der Waals surface area contributed by atoms with Crippen molar-refractivity contribution in [3.63, 3.8) is 0 Å². The largest absolute Gasteiger partial charge is 0.451 e. The third-order valence-electron chi connectivity index (χ3n) is 3.74. The number of nitriles is 1. The van der Waals surface area contributed by atoms with Gasteiger partial charge in [-0.25, -0.2) is 4.79 Å². The van der Waals surface area contributed by atoms with Crippen LogP contribution in [-0.2, 0) is 14.3 Å². The number of hydrogen-bond acceptors (Lipinski definition) is 5. The number of carbonyl (C=O) groups is 3. The molecule has 0 unspecified atom stereocenters. The van der Waals surface area contributed by atoms with Gasteiger partial charge in [0, 0.05) is 5.69 Å². The highest BCUT2D eigenvalue weighted by Gasteiger charge is 2.24. The van der Waals surface area contributed by atoms with E-state index in [1.807, 2.05) is 6.07 Å². The average Bonchev–Trinajstić information content (AvgIpc) is 2.68. The van der Waals surface area contributed by atoms with Gasteiger partial charge in [-0.2, -0.15) is 5.26 Å². The molecule has 2 N–H and O–H groups in total. The van der Waals surface area contributed by atoms with Crippen molar-refractivity contribution in [3.05, 3.63) is 64.7 Å². The summed E-state index contributed by atoms with van der Waals surface area (Å²) < 4.78 is 5.11. The summed E-state index contributed by atoms with van der Waals surface area (Å²) in [4.78, 5) is 36.5. The SMILES string of the molecule is C[C@H](NC(=O)c1ccccc1Cl)C(=O)O[C@H](C)C(=O)Nc1cccc(C#N)c1. The number of nitrogens with one attached hydrogen (secondary N) is 2. The number of rotatable bonds is 6. The molecule has 2 amide bonds. The van der Waals surface area contributed by atoms with Crippen LogP contribution in [0, 0.1) is 11.3 Å². The second-order valence-corrected chi connectivity index (χ2v) is 6.34. The molecule has 0 bridgehead atoms. The van der Waals surface area contributed by atoms with Gasteiger partial charge in [-0.1, -0.05) is 29.8 Å². The third-order valence-corrected chi connectivity index (χ3v) is 4.07. The lowest BCUT2D eigenvalue weighted by Crippen LogP contribution is -2.42. The molecule has 0 saturated carbocycles. The fourth-order valence-electron chi connectivity index (χ4n) is 2.22. The summed E-state index contributed by atoms with van der Waals surface area (Å²) >= 11 is 5.96. The molecule has 0 heterocycles. The van der Waals surface area contributed by atoms with Gasteiger partial charge in [-0.05, 0) is 44.2 Å². The van der Waals surface area contributed by atoms with Crippen molar-refractivity contribution < 1.29 is 19.1 Å². The number of amides is 2. The first-order chi connectivity index (χ1) is 13.3. The Kier molecular flexibility index (Phi) is 7.13. The molecule has 8 heteroatoms. The second kappa shape index (κ2) is 9.53. The molecule has 0 aromatic heterocycles. The van der Waals surface area contributed by atoms with Crippen molar-refractivity contribution in [2.75, 3.05) is 5.32 Å². The summed E-state index contributed by atoms with van der Waals surface area (Å²) in [7, 11) is 0. The highest BCUT2D eigenvalue weighted by molar-refractivity contribution is 6.33. The van der Waals surface area contributed by atoms with Crippen LogP contribution in [0.5, 0.6) is 0 Å². The van der Waals surface area contributed by atoms with E-state index in [1.165, 1.54) is 26.0 Å². The van der Waals surface area contributed by atoms with Gasteiger partial charge in [-0.15, -0.1) is 0 Å². The number of anilines is 1. The number of nitrogens with zero attached hydrogens (tertiary/aromatic N) is 1. The maximum atomic E-state index is 12.2. The molecule has 0 spiro atoms. The number of carbonyl (C=O) groups excluding carboxylic acids is 3. The molecule has 0 saturated heterocycles. The minimum Gasteiger partial charge on any atom is -0.451 e. The van der Waals surface area contributed by atoms with Crippen molar-refractivity contribution in [3.8, 4) is 6.07 Å². The summed E-state index contributed by atoms with van der Waals surface area (Å²) in [6.45, 7) is 2.85. The van der Waals surface area contributed by atoms with E-state index in [0.717, 1.165) is 0 Å². The molecule has 0 radical (unpaired) electrons. The molecule has 2 atom stereocenters. The van der Waals surface area contributed by atoms with Crippen LogP contribution in [0.15, 0.2) is 48.5 Å². The Morgan fingerprint density at radius 2 is 1.82 bits per heavy atom. The maximum absolute atomic E-state index is 12.2. The number of hydrogen-bond donors (Lipinski definition) is 2. The van der Waals surface area contributed by atoms with Gasteiger partial charge < -0.3 is 15.4 Å². The first kappa shape index (κ1) is 20.9. The lowest BCUT2D eigenvalue weighted by Gasteiger charge is -2.18. The lowest BCUT2D eigenvalue weighted by molar-refractivity contribution is -0.154. The normalized spacial score (nSPS) is 12.2. The Morgan fingerprint density at radius 3 is 2.50 bits per heavy atom. The van der Waals surface area contributed by atoms with Crippen LogP contribution in [-0.4, -0.2) is 29.9 Å². The Balaban J connectivity index is 1.91. The quantitative estimate of drug-likeness (QED) is 0.726. The first-order valence-electron chi connectivity index (χ1n) is 8.38. The monoisotopic (exact) mass is 399 g/mol. The average molecular weight is 400 g/mol. The van der Waals surface area contributed by atoms with E-state index in [9.17, 15) is 14.4 Å². The first-order valence-corrected chi connectivity index (χ1v) is 8.76. The van der Waals surface area contributed by atoms with Crippen LogP contribution in [0.3, 0.4) is 0 Å². The van der Waals surface area contributed by atoms with Crippen LogP contribution in [0.1, 0.15) is 29.8 Å². The summed E-state index contributed by atoms with van der Waals surface area (Å²) in [5.41, 5.74) is 1.03. The molecule has 144 valence electrons. The van der Waals surface area contributed by atoms with Crippen LogP contribution in [0.2, 0.25) is 5.02 Å². The Bertz CT molecular complexity index is 939. The standard InChI is InChI=1S/C20H18ClN3O4/c1-12(23-19(26)16-8-3-4-9-17(16)21)20(27)28-13(2)18(25)24-15-7-5-6-14(10-15)11-22/h3-10,12-13H,1-2H3,(H,23,26)(H,24,25)/t12-,13+/m0/s1. The van der Waals surface area contributed by atoms with Gasteiger partial charge in [0.15, 0.2) is 6.10 Å². The van der Waals surface area contributed by atoms with Crippen LogP contribution < -0.4 is 10.6 Å². The van der Waals surface area contributed by atoms with Gasteiger partial charge >= 0.3 is 5.97 Å². The lowest BCUT2D eigenvalue weighted by atomic mass is 10.2. The zero-order chi connectivity index (χ0) is 20.7. The molecule has 0 aliphatic carbocycles. The van der Waals surface area contributed by atoms with Crippen molar-refractivity contribution in [1.29, 1.82) is 5.26 Å². The third kappa shape index (κ3) is 5.56. The van der Waals surface area contributed by atoms with Crippen LogP contribution >= 0.6 is 11.6 Å². The molecule has 2 aromatic carbocycles. The minimum atomic E-state index is -1.10. The maximum Gasteiger partial charge on any atom is 0.329 e. The smallest absolute Gasteiger partial charge is 0.329 e. The van der Waals surface area contributed by atoms with Gasteiger partial charge in [-0.3, -0.25) is 9.59 Å². The molecule has 2 aromatic rings. The fourth-order valence-corrected chi connectivity index (χ4v) is 2.44. The van der Waals surface area contributed by atoms with Crippen LogP contribution in [0.25, 0.3) is 0 Å². The van der Waals surface area contributed by atoms with Crippen LogP contribution in [0.4, 0.5) is 5.69 Å². The molecule has 0 aliphatic heterocycles. The number of benzene rings is 2. The van der Waals surface area contributed by atoms with E-state index in [-0.39, 0.29) is 10.6 Å². The summed E-state index contributed by atoms with van der Waals surface area (Å²) in [5.74, 6) is -1.86. The van der Waals surface area contributed by atoms with Crippen molar-refractivity contribution in [2.24, 2.45) is 0 Å². The zero-order valence-electron chi connectivity index (χ0n) is 15.2. The summed E-state index contributed by atoms with van der Waals surface area (Å²) in [6, 6.07) is 13.7. The Hall–Kier alpha value is -3.37. The van der Waals surface area contributed by atoms with Gasteiger partial charge in [0.25, 0.3) is 11.8 Å². The second-order valence-electron chi connectivity index (χ2n) is 5.94. The molecular formula is C20H18ClN3O4. The van der Waals surface area contributed by atoms with E-state index in [2.05, 4.69) is 10.6 Å². The van der Waals surface area contributed by atoms with Crippen molar-refractivity contribution >= 4 is 35.1 Å². The number of ether oxygens (including phenoxy) is 1. The minimum absolute atomic E-state index is 0.229. The predicted molar refractivity (Wildman–Crippen MR) is 104 cm³/mol. The van der Waals surface area contributed by atoms with Gasteiger partial charge in [0.05, 0.1) is 22.2 Å². The van der Waals surface area contributed by atoms with Gasteiger partial charge in [0.1, 0.15) is 6.04 Å². The van der Waals surface area contributed by atoms with Gasteiger partial charge in [0.2, 0.25) is 0 Å². The summed E-state index contributed by atoms with van der Waals surface area (Å²) in [6.07, 6.45) is -1.10. The summed E-state index contributed by atoms with van der Waals surface area (Å²) in [5, 5.41) is 14.2. The molecule has 2 rings (SSSR count). The highest BCUT2D eigenvalue weighted by Crippen LogP contribution is 2.15. The van der Waals surface area contributed by atoms with E-state index in [0.29, 0.717) is 11.3 Å². The van der Waals surface area contributed by atoms with E-state index < -0.39 is 29.9 Å². The molecule has 28 heavy (non-hydrogen) atoms. The van der Waals surface area contributed by atoms with E-state index >= 15 is 0 Å². The van der Waals surface area contributed by atoms with E-state index in [4.69, 9.17) is 21.6 Å². The topological polar surface area (TPSA) is 108 Å². The Labute approximate surface area is 167 Å². The predicted octanol–water partition coefficient (Wildman–Crippen LogP) is 2.90. The molecule has 7 nitrogen and oxygen atoms in total. The van der Waals surface area contributed by atoms with Crippen molar-refractivity contribution in [1.82, 2.24) is 5.32 Å². The zero-order valence-corrected chi connectivity index (χ0v) is 16.0. The number of esters is 1. The molecule has 0 fully saturated rings. The molecular weight excluding hydrogens is 382 g/mol. The molecule has 0 aliphatic rings. The highest BCUT2D eigenvalue weighted by atomic mass is 35.5.